The zero-order valence-corrected chi connectivity index (χ0v) is 15.6. The zero-order valence-electron chi connectivity index (χ0n) is 15.6. The maximum absolute atomic E-state index is 12.0. The van der Waals surface area contributed by atoms with Crippen LogP contribution < -0.4 is 5.32 Å². The van der Waals surface area contributed by atoms with Crippen molar-refractivity contribution in [2.24, 2.45) is 0 Å². The molecule has 3 heteroatoms. The van der Waals surface area contributed by atoms with Gasteiger partial charge in [-0.15, -0.1) is 0 Å². The van der Waals surface area contributed by atoms with Gasteiger partial charge in [0.15, 0.2) is 0 Å². The van der Waals surface area contributed by atoms with Crippen LogP contribution in [0.4, 0.5) is 4.79 Å². The summed E-state index contributed by atoms with van der Waals surface area (Å²) in [5.74, 6) is 0. The van der Waals surface area contributed by atoms with Crippen LogP contribution in [0.25, 0.3) is 0 Å². The quantitative estimate of drug-likeness (QED) is 0.843. The number of ether oxygens (including phenoxy) is 1. The van der Waals surface area contributed by atoms with Crippen LogP contribution in [-0.4, -0.2) is 11.7 Å². The van der Waals surface area contributed by atoms with Gasteiger partial charge in [0, 0.05) is 12.0 Å². The molecule has 0 unspecified atom stereocenters. The van der Waals surface area contributed by atoms with Gasteiger partial charge in [-0.25, -0.2) is 4.79 Å². The maximum Gasteiger partial charge on any atom is 0.407 e. The van der Waals surface area contributed by atoms with E-state index < -0.39 is 5.60 Å². The zero-order chi connectivity index (χ0) is 18.1. The standard InChI is InChI=1S/C22H27NO2/c1-16-10-11-17(15-23-20(24)25-21(2,3)4)19(14-16)22(12-13-22)18-8-6-5-7-9-18/h5-11,14H,12-13,15H2,1-4H3,(H,23,24). The third kappa shape index (κ3) is 4.04. The van der Waals surface area contributed by atoms with E-state index in [4.69, 9.17) is 4.74 Å². The molecule has 0 heterocycles. The van der Waals surface area contributed by atoms with E-state index in [2.05, 4.69) is 60.8 Å². The minimum atomic E-state index is -0.484. The third-order valence-corrected chi connectivity index (χ3v) is 4.68. The van der Waals surface area contributed by atoms with Crippen LogP contribution in [0, 0.1) is 6.92 Å². The smallest absolute Gasteiger partial charge is 0.407 e. The van der Waals surface area contributed by atoms with Gasteiger partial charge in [-0.1, -0.05) is 54.1 Å². The molecule has 0 bridgehead atoms. The molecular weight excluding hydrogens is 310 g/mol. The molecule has 0 saturated heterocycles. The van der Waals surface area contributed by atoms with Crippen molar-refractivity contribution in [3.63, 3.8) is 0 Å². The molecule has 2 aromatic carbocycles. The van der Waals surface area contributed by atoms with Crippen LogP contribution in [0.3, 0.4) is 0 Å². The Bertz CT molecular complexity index is 755. The monoisotopic (exact) mass is 337 g/mol. The number of hydrogen-bond donors (Lipinski definition) is 1. The van der Waals surface area contributed by atoms with Crippen LogP contribution >= 0.6 is 0 Å². The Hall–Kier alpha value is -2.29. The van der Waals surface area contributed by atoms with Gasteiger partial charge >= 0.3 is 6.09 Å². The molecule has 1 saturated carbocycles. The fourth-order valence-corrected chi connectivity index (χ4v) is 3.37. The number of amides is 1. The van der Waals surface area contributed by atoms with Gasteiger partial charge in [0.2, 0.25) is 0 Å². The Morgan fingerprint density at radius 3 is 2.40 bits per heavy atom. The van der Waals surface area contributed by atoms with Gasteiger partial charge < -0.3 is 10.1 Å². The second-order valence-electron chi connectivity index (χ2n) is 7.96. The van der Waals surface area contributed by atoms with E-state index in [9.17, 15) is 4.79 Å². The SMILES string of the molecule is Cc1ccc(CNC(=O)OC(C)(C)C)c(C2(c3ccccc3)CC2)c1. The summed E-state index contributed by atoms with van der Waals surface area (Å²) in [5.41, 5.74) is 4.71. The number of carbonyl (C=O) groups is 1. The molecule has 132 valence electrons. The van der Waals surface area contributed by atoms with Crippen molar-refractivity contribution in [3.05, 3.63) is 70.8 Å². The third-order valence-electron chi connectivity index (χ3n) is 4.68. The summed E-state index contributed by atoms with van der Waals surface area (Å²) in [6.07, 6.45) is 1.93. The molecule has 25 heavy (non-hydrogen) atoms. The molecular formula is C22H27NO2. The van der Waals surface area contributed by atoms with Gasteiger partial charge in [0.25, 0.3) is 0 Å². The summed E-state index contributed by atoms with van der Waals surface area (Å²) in [7, 11) is 0. The second-order valence-corrected chi connectivity index (χ2v) is 7.96. The highest BCUT2D eigenvalue weighted by Gasteiger charge is 2.46. The highest BCUT2D eigenvalue weighted by molar-refractivity contribution is 5.68. The molecule has 1 amide bonds. The molecule has 0 spiro atoms. The molecule has 0 radical (unpaired) electrons. The van der Waals surface area contributed by atoms with Gasteiger partial charge in [-0.05, 0) is 57.2 Å². The molecule has 0 aromatic heterocycles. The molecule has 1 N–H and O–H groups in total. The lowest BCUT2D eigenvalue weighted by molar-refractivity contribution is 0.0523. The Balaban J connectivity index is 1.84. The summed E-state index contributed by atoms with van der Waals surface area (Å²) in [5, 5.41) is 2.91. The molecule has 0 atom stereocenters. The predicted octanol–water partition coefficient (Wildman–Crippen LogP) is 5.10. The molecule has 3 rings (SSSR count). The van der Waals surface area contributed by atoms with Crippen molar-refractivity contribution in [3.8, 4) is 0 Å². The first-order valence-electron chi connectivity index (χ1n) is 8.93. The van der Waals surface area contributed by atoms with E-state index in [0.717, 1.165) is 18.4 Å². The minimum Gasteiger partial charge on any atom is -0.444 e. The first-order chi connectivity index (χ1) is 11.8. The fraction of sp³-hybridized carbons (Fsp3) is 0.409. The lowest BCUT2D eigenvalue weighted by Crippen LogP contribution is -2.32. The lowest BCUT2D eigenvalue weighted by atomic mass is 9.84. The van der Waals surface area contributed by atoms with E-state index in [-0.39, 0.29) is 11.5 Å². The van der Waals surface area contributed by atoms with Crippen molar-refractivity contribution in [1.29, 1.82) is 0 Å². The number of benzene rings is 2. The Kier molecular flexibility index (Phi) is 4.59. The van der Waals surface area contributed by atoms with Gasteiger partial charge in [0.1, 0.15) is 5.60 Å². The molecule has 1 aliphatic carbocycles. The number of aryl methyl sites for hydroxylation is 1. The van der Waals surface area contributed by atoms with E-state index in [1.807, 2.05) is 20.8 Å². The average molecular weight is 337 g/mol. The van der Waals surface area contributed by atoms with Crippen LogP contribution in [-0.2, 0) is 16.7 Å². The van der Waals surface area contributed by atoms with Crippen molar-refractivity contribution in [2.75, 3.05) is 0 Å². The van der Waals surface area contributed by atoms with Crippen LogP contribution in [0.15, 0.2) is 48.5 Å². The molecule has 1 aliphatic rings. The van der Waals surface area contributed by atoms with Crippen molar-refractivity contribution in [2.45, 2.75) is 58.1 Å². The minimum absolute atomic E-state index is 0.0955. The highest BCUT2D eigenvalue weighted by Crippen LogP contribution is 2.54. The van der Waals surface area contributed by atoms with Crippen molar-refractivity contribution < 1.29 is 9.53 Å². The summed E-state index contributed by atoms with van der Waals surface area (Å²) >= 11 is 0. The predicted molar refractivity (Wildman–Crippen MR) is 101 cm³/mol. The van der Waals surface area contributed by atoms with Gasteiger partial charge in [-0.2, -0.15) is 0 Å². The lowest BCUT2D eigenvalue weighted by Gasteiger charge is -2.23. The normalized spacial score (nSPS) is 15.5. The maximum atomic E-state index is 12.0. The van der Waals surface area contributed by atoms with Crippen LogP contribution in [0.5, 0.6) is 0 Å². The van der Waals surface area contributed by atoms with Crippen molar-refractivity contribution >= 4 is 6.09 Å². The van der Waals surface area contributed by atoms with E-state index in [1.54, 1.807) is 0 Å². The molecule has 2 aromatic rings. The summed E-state index contributed by atoms with van der Waals surface area (Å²) < 4.78 is 5.36. The Morgan fingerprint density at radius 1 is 1.12 bits per heavy atom. The van der Waals surface area contributed by atoms with E-state index in [1.165, 1.54) is 16.7 Å². The largest absolute Gasteiger partial charge is 0.444 e. The summed E-state index contributed by atoms with van der Waals surface area (Å²) in [4.78, 5) is 12.0. The summed E-state index contributed by atoms with van der Waals surface area (Å²) in [6.45, 7) is 8.23. The number of rotatable bonds is 4. The highest BCUT2D eigenvalue weighted by atomic mass is 16.6. The fourth-order valence-electron chi connectivity index (χ4n) is 3.37. The average Bonchev–Trinajstić information content (AvgIpc) is 3.34. The number of alkyl carbamates (subject to hydrolysis) is 1. The first-order valence-corrected chi connectivity index (χ1v) is 8.93. The number of hydrogen-bond acceptors (Lipinski definition) is 2. The molecule has 1 fully saturated rings. The van der Waals surface area contributed by atoms with Crippen LogP contribution in [0.1, 0.15) is 55.9 Å². The molecule has 3 nitrogen and oxygen atoms in total. The van der Waals surface area contributed by atoms with Gasteiger partial charge in [-0.3, -0.25) is 0 Å². The van der Waals surface area contributed by atoms with Crippen molar-refractivity contribution in [1.82, 2.24) is 5.32 Å². The number of nitrogens with one attached hydrogen (secondary N) is 1. The van der Waals surface area contributed by atoms with Crippen LogP contribution in [0.2, 0.25) is 0 Å². The van der Waals surface area contributed by atoms with Gasteiger partial charge in [0.05, 0.1) is 0 Å². The summed E-state index contributed by atoms with van der Waals surface area (Å²) in [6, 6.07) is 17.2. The number of carbonyl (C=O) groups excluding carboxylic acids is 1. The van der Waals surface area contributed by atoms with E-state index >= 15 is 0 Å². The second kappa shape index (κ2) is 6.55. The first kappa shape index (κ1) is 17.5. The Labute approximate surface area is 150 Å². The topological polar surface area (TPSA) is 38.3 Å². The van der Waals surface area contributed by atoms with E-state index in [0.29, 0.717) is 6.54 Å². The Morgan fingerprint density at radius 2 is 1.80 bits per heavy atom. The molecule has 0 aliphatic heterocycles.